The molecule has 0 bridgehead atoms. The average Bonchev–Trinajstić information content (AvgIpc) is 2.75. The minimum absolute atomic E-state index is 0.112. The second-order valence-electron chi connectivity index (χ2n) is 5.73. The van der Waals surface area contributed by atoms with Crippen LogP contribution < -0.4 is 4.90 Å². The fourth-order valence-electron chi connectivity index (χ4n) is 2.28. The topological polar surface area (TPSA) is 51.9 Å². The van der Waals surface area contributed by atoms with E-state index in [2.05, 4.69) is 10.0 Å². The number of nitrogens with one attached hydrogen (secondary N) is 1. The summed E-state index contributed by atoms with van der Waals surface area (Å²) in [5.74, 6) is 0.207. The van der Waals surface area contributed by atoms with E-state index in [1.54, 1.807) is 12.1 Å². The predicted octanol–water partition coefficient (Wildman–Crippen LogP) is 5.35. The van der Waals surface area contributed by atoms with Crippen LogP contribution in [0, 0.1) is 12.3 Å². The Morgan fingerprint density at radius 1 is 1.14 bits per heavy atom. The lowest BCUT2D eigenvalue weighted by Crippen LogP contribution is -2.32. The van der Waals surface area contributed by atoms with Crippen LogP contribution in [0.25, 0.3) is 0 Å². The van der Waals surface area contributed by atoms with Gasteiger partial charge in [-0.1, -0.05) is 74.1 Å². The first-order chi connectivity index (χ1) is 13.5. The fourth-order valence-corrected chi connectivity index (χ4v) is 2.51. The van der Waals surface area contributed by atoms with Crippen molar-refractivity contribution in [3.63, 3.8) is 0 Å². The van der Waals surface area contributed by atoms with E-state index in [-0.39, 0.29) is 6.42 Å². The van der Waals surface area contributed by atoms with Crippen molar-refractivity contribution in [2.45, 2.75) is 27.2 Å². The summed E-state index contributed by atoms with van der Waals surface area (Å²) in [6.07, 6.45) is 0.112. The number of hydrogen-bond acceptors (Lipinski definition) is 5. The molecule has 0 aliphatic heterocycles. The van der Waals surface area contributed by atoms with Crippen molar-refractivity contribution in [1.29, 1.82) is 5.41 Å². The van der Waals surface area contributed by atoms with Crippen LogP contribution in [-0.2, 0) is 4.94 Å². The maximum atomic E-state index is 12.0. The second-order valence-corrected chi connectivity index (χ2v) is 5.94. The van der Waals surface area contributed by atoms with Gasteiger partial charge in [0.25, 0.3) is 0 Å². The monoisotopic (exact) mass is 402 g/mol. The van der Waals surface area contributed by atoms with Gasteiger partial charge in [0.1, 0.15) is 0 Å². The van der Waals surface area contributed by atoms with Crippen molar-refractivity contribution >= 4 is 35.1 Å². The van der Waals surface area contributed by atoms with E-state index in [0.717, 1.165) is 16.8 Å². The average molecular weight is 403 g/mol. The zero-order valence-corrected chi connectivity index (χ0v) is 17.5. The van der Waals surface area contributed by atoms with Crippen LogP contribution in [-0.4, -0.2) is 35.8 Å². The van der Waals surface area contributed by atoms with Gasteiger partial charge >= 0.3 is 0 Å². The number of thiocarbonyl (C=S) groups is 1. The van der Waals surface area contributed by atoms with E-state index < -0.39 is 5.90 Å². The molecule has 0 atom stereocenters. The molecule has 0 unspecified atom stereocenters. The maximum Gasteiger partial charge on any atom is 0.233 e. The Bertz CT molecular complexity index is 766. The number of rotatable bonds is 7. The lowest BCUT2D eigenvalue weighted by molar-refractivity contribution is -0.0290. The molecule has 0 saturated heterocycles. The lowest BCUT2D eigenvalue weighted by Gasteiger charge is -2.24. The summed E-state index contributed by atoms with van der Waals surface area (Å²) in [6, 6.07) is 17.6. The Morgan fingerprint density at radius 2 is 1.75 bits per heavy atom. The van der Waals surface area contributed by atoms with E-state index >= 15 is 0 Å². The van der Waals surface area contributed by atoms with Gasteiger partial charge in [0.15, 0.2) is 5.84 Å². The Labute approximate surface area is 171 Å². The molecule has 0 aromatic heterocycles. The highest BCUT2D eigenvalue weighted by Gasteiger charge is 2.15. The normalized spacial score (nSPS) is 10.4. The van der Waals surface area contributed by atoms with Crippen LogP contribution in [0.3, 0.4) is 0 Å². The van der Waals surface area contributed by atoms with Crippen molar-refractivity contribution in [2.24, 2.45) is 5.10 Å². The predicted molar refractivity (Wildman–Crippen MR) is 119 cm³/mol. The minimum Gasteiger partial charge on any atom is -0.298 e. The van der Waals surface area contributed by atoms with Crippen molar-refractivity contribution < 1.29 is 9.47 Å². The number of aryl methyl sites for hydroxylation is 1. The second kappa shape index (κ2) is 12.6. The van der Waals surface area contributed by atoms with Gasteiger partial charge in [0, 0.05) is 35.8 Å². The standard InChI is InChI=1S/C19H21FN4OS.C2H6/c1-15-8-10-17(11-9-15)24(14-26)19(16-6-4-3-5-7-16)22-23(2)13-12-18(21)25-20;1-2/h3-11,14,21H,12-13H2,1-2H3;1-2H3/b21-18?,22-19-;. The third kappa shape index (κ3) is 7.08. The van der Waals surface area contributed by atoms with Gasteiger partial charge in [-0.3, -0.25) is 20.3 Å². The molecule has 1 N–H and O–H groups in total. The molecule has 0 radical (unpaired) electrons. The molecule has 2 aromatic rings. The molecule has 2 rings (SSSR count). The molecule has 0 aliphatic carbocycles. The summed E-state index contributed by atoms with van der Waals surface area (Å²) in [5.41, 5.74) is 4.47. The Morgan fingerprint density at radius 3 is 2.29 bits per heavy atom. The largest absolute Gasteiger partial charge is 0.298 e. The highest BCUT2D eigenvalue weighted by atomic mass is 32.1. The maximum absolute atomic E-state index is 12.0. The fraction of sp³-hybridized carbons (Fsp3) is 0.286. The first-order valence-corrected chi connectivity index (χ1v) is 9.54. The number of hydrogen-bond donors (Lipinski definition) is 1. The molecule has 0 aliphatic rings. The van der Waals surface area contributed by atoms with Gasteiger partial charge in [0.05, 0.1) is 5.49 Å². The molecule has 28 heavy (non-hydrogen) atoms. The number of anilines is 1. The number of halogens is 1. The third-order valence-corrected chi connectivity index (χ3v) is 3.91. The summed E-state index contributed by atoms with van der Waals surface area (Å²) in [6.45, 7) is 6.35. The Hall–Kier alpha value is -2.80. The van der Waals surface area contributed by atoms with Gasteiger partial charge in [-0.25, -0.2) is 0 Å². The first kappa shape index (κ1) is 23.2. The summed E-state index contributed by atoms with van der Waals surface area (Å²) in [5, 5.41) is 13.5. The SMILES string of the molecule is CC.Cc1ccc(N(C=S)/C(=N\N(C)CCC(=N)OF)c2ccccc2)cc1. The number of nitrogens with zero attached hydrogens (tertiary/aromatic N) is 3. The summed E-state index contributed by atoms with van der Waals surface area (Å²) in [4.78, 5) is 5.23. The van der Waals surface area contributed by atoms with Gasteiger partial charge in [0.2, 0.25) is 5.90 Å². The van der Waals surface area contributed by atoms with Crippen LogP contribution in [0.4, 0.5) is 10.2 Å². The third-order valence-electron chi connectivity index (χ3n) is 3.70. The zero-order valence-electron chi connectivity index (χ0n) is 16.7. The molecule has 0 heterocycles. The number of benzene rings is 2. The highest BCUT2D eigenvalue weighted by Crippen LogP contribution is 2.18. The quantitative estimate of drug-likeness (QED) is 0.294. The molecule has 0 fully saturated rings. The van der Waals surface area contributed by atoms with E-state index in [9.17, 15) is 4.53 Å². The van der Waals surface area contributed by atoms with Crippen molar-refractivity contribution in [3.05, 3.63) is 65.7 Å². The smallest absolute Gasteiger partial charge is 0.233 e. The van der Waals surface area contributed by atoms with Crippen molar-refractivity contribution in [2.75, 3.05) is 18.5 Å². The lowest BCUT2D eigenvalue weighted by atomic mass is 10.1. The van der Waals surface area contributed by atoms with Crippen LogP contribution in [0.15, 0.2) is 59.7 Å². The highest BCUT2D eigenvalue weighted by molar-refractivity contribution is 7.79. The van der Waals surface area contributed by atoms with Crippen LogP contribution >= 0.6 is 12.2 Å². The zero-order chi connectivity index (χ0) is 20.9. The van der Waals surface area contributed by atoms with Gasteiger partial charge < -0.3 is 0 Å². The van der Waals surface area contributed by atoms with Crippen molar-refractivity contribution in [1.82, 2.24) is 5.01 Å². The van der Waals surface area contributed by atoms with E-state index in [4.69, 9.17) is 17.6 Å². The Balaban J connectivity index is 0.00000190. The van der Waals surface area contributed by atoms with E-state index in [1.807, 2.05) is 80.3 Å². The minimum atomic E-state index is -0.432. The van der Waals surface area contributed by atoms with E-state index in [1.165, 1.54) is 5.49 Å². The van der Waals surface area contributed by atoms with Crippen LogP contribution in [0.5, 0.6) is 0 Å². The van der Waals surface area contributed by atoms with Gasteiger partial charge in [-0.05, 0) is 19.1 Å². The van der Waals surface area contributed by atoms with Crippen molar-refractivity contribution in [3.8, 4) is 0 Å². The molecule has 0 amide bonds. The van der Waals surface area contributed by atoms with Gasteiger partial charge in [-0.2, -0.15) is 5.10 Å². The summed E-state index contributed by atoms with van der Waals surface area (Å²) >= 11 is 5.24. The molecular weight excluding hydrogens is 375 g/mol. The first-order valence-electron chi connectivity index (χ1n) is 9.07. The summed E-state index contributed by atoms with van der Waals surface area (Å²) < 4.78 is 12.0. The van der Waals surface area contributed by atoms with Gasteiger partial charge in [-0.15, -0.1) is 0 Å². The molecule has 2 aromatic carbocycles. The van der Waals surface area contributed by atoms with Crippen LogP contribution in [0.2, 0.25) is 0 Å². The number of amidine groups is 1. The molecular formula is C21H27FN4OS. The molecule has 0 saturated carbocycles. The molecule has 150 valence electrons. The van der Waals surface area contributed by atoms with Crippen LogP contribution in [0.1, 0.15) is 31.4 Å². The molecule has 0 spiro atoms. The number of hydrazone groups is 1. The van der Waals surface area contributed by atoms with E-state index in [0.29, 0.717) is 12.4 Å². The Kier molecular flexibility index (Phi) is 10.4. The summed E-state index contributed by atoms with van der Waals surface area (Å²) in [7, 11) is 1.76. The molecule has 5 nitrogen and oxygen atoms in total. The molecule has 7 heteroatoms.